The molecule has 8 nitrogen and oxygen atoms in total. The first-order chi connectivity index (χ1) is 15.4. The van der Waals surface area contributed by atoms with E-state index in [0.29, 0.717) is 22.2 Å². The smallest absolute Gasteiger partial charge is 0.270 e. The number of hydrogen-bond acceptors (Lipinski definition) is 5. The second-order valence-electron chi connectivity index (χ2n) is 7.09. The van der Waals surface area contributed by atoms with Gasteiger partial charge in [-0.1, -0.05) is 36.4 Å². The molecule has 0 atom stereocenters. The number of methoxy groups -OCH3 is 1. The van der Waals surface area contributed by atoms with Gasteiger partial charge in [0.05, 0.1) is 23.1 Å². The van der Waals surface area contributed by atoms with Gasteiger partial charge in [0.1, 0.15) is 11.6 Å². The van der Waals surface area contributed by atoms with Crippen molar-refractivity contribution in [3.63, 3.8) is 0 Å². The van der Waals surface area contributed by atoms with Crippen molar-refractivity contribution in [2.24, 2.45) is 7.05 Å². The summed E-state index contributed by atoms with van der Waals surface area (Å²) in [4.78, 5) is 37.1. The fourth-order valence-electron chi connectivity index (χ4n) is 3.68. The van der Waals surface area contributed by atoms with Gasteiger partial charge >= 0.3 is 0 Å². The summed E-state index contributed by atoms with van der Waals surface area (Å²) in [7, 11) is 3.25. The lowest BCUT2D eigenvalue weighted by Gasteiger charge is -2.19. The van der Waals surface area contributed by atoms with Crippen LogP contribution in [0.25, 0.3) is 22.0 Å². The number of carbonyl (C=O) groups excluding carboxylic acids is 1. The van der Waals surface area contributed by atoms with Gasteiger partial charge in [-0.05, 0) is 24.3 Å². The summed E-state index contributed by atoms with van der Waals surface area (Å²) in [6, 6.07) is 19.5. The molecule has 8 heteroatoms. The highest BCUT2D eigenvalue weighted by Crippen LogP contribution is 2.34. The van der Waals surface area contributed by atoms with Crippen LogP contribution in [0.1, 0.15) is 10.4 Å². The molecule has 1 N–H and O–H groups in total. The van der Waals surface area contributed by atoms with Crippen molar-refractivity contribution in [1.82, 2.24) is 4.57 Å². The third kappa shape index (κ3) is 3.58. The third-order valence-corrected chi connectivity index (χ3v) is 5.24. The molecule has 0 unspecified atom stereocenters. The fourth-order valence-corrected chi connectivity index (χ4v) is 3.68. The first-order valence-corrected chi connectivity index (χ1v) is 9.73. The number of aryl methyl sites for hydroxylation is 1. The normalized spacial score (nSPS) is 10.7. The van der Waals surface area contributed by atoms with E-state index >= 15 is 0 Å². The van der Waals surface area contributed by atoms with Gasteiger partial charge < -0.3 is 14.6 Å². The Morgan fingerprint density at radius 1 is 1.03 bits per heavy atom. The van der Waals surface area contributed by atoms with Gasteiger partial charge in [0.15, 0.2) is 5.43 Å². The number of nitrogens with one attached hydrogen (secondary N) is 1. The Bertz CT molecular complexity index is 1430. The summed E-state index contributed by atoms with van der Waals surface area (Å²) in [6.45, 7) is 0. The molecule has 0 aliphatic heterocycles. The predicted octanol–water partition coefficient (Wildman–Crippen LogP) is 4.37. The van der Waals surface area contributed by atoms with Gasteiger partial charge in [0.2, 0.25) is 0 Å². The number of aromatic nitrogens is 1. The summed E-state index contributed by atoms with van der Waals surface area (Å²) < 4.78 is 7.17. The summed E-state index contributed by atoms with van der Waals surface area (Å²) in [5, 5.41) is 14.4. The quantitative estimate of drug-likeness (QED) is 0.375. The number of hydrogen-bond donors (Lipinski definition) is 1. The van der Waals surface area contributed by atoms with E-state index < -0.39 is 10.8 Å². The first kappa shape index (κ1) is 20.8. The molecule has 32 heavy (non-hydrogen) atoms. The third-order valence-electron chi connectivity index (χ3n) is 5.24. The molecule has 0 fully saturated rings. The summed E-state index contributed by atoms with van der Waals surface area (Å²) in [5.41, 5.74) is 1.06. The van der Waals surface area contributed by atoms with Gasteiger partial charge in [0.25, 0.3) is 11.6 Å². The van der Waals surface area contributed by atoms with Crippen molar-refractivity contribution in [2.75, 3.05) is 12.4 Å². The Morgan fingerprint density at radius 2 is 1.75 bits per heavy atom. The van der Waals surface area contributed by atoms with E-state index in [1.807, 2.05) is 0 Å². The summed E-state index contributed by atoms with van der Waals surface area (Å²) in [5.74, 6) is 0.163. The average Bonchev–Trinajstić information content (AvgIpc) is 2.82. The van der Waals surface area contributed by atoms with E-state index in [0.717, 1.165) is 0 Å². The SMILES string of the molecule is COc1ccccc1-c1c(NC(=O)c2cccc([N+](=O)[O-])c2)n(C)c2ccccc2c1=O. The number of rotatable bonds is 5. The van der Waals surface area contributed by atoms with Crippen LogP contribution in [-0.2, 0) is 7.05 Å². The van der Waals surface area contributed by atoms with Crippen LogP contribution in [0, 0.1) is 10.1 Å². The molecule has 0 saturated carbocycles. The molecule has 0 saturated heterocycles. The molecule has 1 amide bonds. The Morgan fingerprint density at radius 3 is 2.50 bits per heavy atom. The van der Waals surface area contributed by atoms with E-state index in [9.17, 15) is 19.7 Å². The standard InChI is InChI=1S/C24H19N3O5/c1-26-19-12-5-3-10-17(19)22(28)21(18-11-4-6-13-20(18)32-2)23(26)25-24(29)15-8-7-9-16(14-15)27(30)31/h3-14H,1-2H3,(H,25,29). The molecule has 4 rings (SSSR count). The highest BCUT2D eigenvalue weighted by Gasteiger charge is 2.22. The zero-order chi connectivity index (χ0) is 22.8. The molecule has 160 valence electrons. The second-order valence-corrected chi connectivity index (χ2v) is 7.09. The maximum absolute atomic E-state index is 13.5. The van der Waals surface area contributed by atoms with Crippen molar-refractivity contribution in [1.29, 1.82) is 0 Å². The van der Waals surface area contributed by atoms with Crippen LogP contribution >= 0.6 is 0 Å². The summed E-state index contributed by atoms with van der Waals surface area (Å²) in [6.07, 6.45) is 0. The summed E-state index contributed by atoms with van der Waals surface area (Å²) >= 11 is 0. The molecule has 1 heterocycles. The molecule has 0 spiro atoms. The van der Waals surface area contributed by atoms with Crippen molar-refractivity contribution in [2.45, 2.75) is 0 Å². The highest BCUT2D eigenvalue weighted by molar-refractivity contribution is 6.07. The molecule has 0 aliphatic carbocycles. The molecule has 0 aliphatic rings. The van der Waals surface area contributed by atoms with Crippen LogP contribution in [0.15, 0.2) is 77.6 Å². The number of fused-ring (bicyclic) bond motifs is 1. The maximum Gasteiger partial charge on any atom is 0.270 e. The van der Waals surface area contributed by atoms with Crippen molar-refractivity contribution >= 4 is 28.3 Å². The number of pyridine rings is 1. The predicted molar refractivity (Wildman–Crippen MR) is 122 cm³/mol. The molecule has 3 aromatic carbocycles. The number of nitro groups is 1. The number of benzene rings is 3. The molecule has 0 bridgehead atoms. The number of ether oxygens (including phenoxy) is 1. The first-order valence-electron chi connectivity index (χ1n) is 9.73. The number of carbonyl (C=O) groups is 1. The zero-order valence-electron chi connectivity index (χ0n) is 17.4. The maximum atomic E-state index is 13.5. The van der Waals surface area contributed by atoms with E-state index in [1.54, 1.807) is 60.1 Å². The van der Waals surface area contributed by atoms with Gasteiger partial charge in [-0.15, -0.1) is 0 Å². The van der Waals surface area contributed by atoms with E-state index in [-0.39, 0.29) is 28.1 Å². The Kier molecular flexibility index (Phi) is 5.43. The van der Waals surface area contributed by atoms with Crippen molar-refractivity contribution in [3.05, 3.63) is 98.7 Å². The molecule has 0 radical (unpaired) electrons. The largest absolute Gasteiger partial charge is 0.496 e. The topological polar surface area (TPSA) is 103 Å². The van der Waals surface area contributed by atoms with Crippen LogP contribution in [0.3, 0.4) is 0 Å². The molecule has 1 aromatic heterocycles. The van der Waals surface area contributed by atoms with Crippen LogP contribution < -0.4 is 15.5 Å². The van der Waals surface area contributed by atoms with Gasteiger partial charge in [-0.2, -0.15) is 0 Å². The molecular formula is C24H19N3O5. The number of anilines is 1. The Hall–Kier alpha value is -4.46. The molecular weight excluding hydrogens is 410 g/mol. The highest BCUT2D eigenvalue weighted by atomic mass is 16.6. The monoisotopic (exact) mass is 429 g/mol. The second kappa shape index (κ2) is 8.35. The average molecular weight is 429 g/mol. The van der Waals surface area contributed by atoms with E-state index in [2.05, 4.69) is 5.32 Å². The lowest BCUT2D eigenvalue weighted by atomic mass is 10.0. The van der Waals surface area contributed by atoms with Gasteiger partial charge in [0, 0.05) is 35.7 Å². The number of nitrogens with zero attached hydrogens (tertiary/aromatic N) is 2. The van der Waals surface area contributed by atoms with Crippen LogP contribution in [0.4, 0.5) is 11.5 Å². The number of non-ortho nitro benzene ring substituents is 1. The number of nitro benzene ring substituents is 1. The lowest BCUT2D eigenvalue weighted by molar-refractivity contribution is -0.384. The lowest BCUT2D eigenvalue weighted by Crippen LogP contribution is -2.21. The van der Waals surface area contributed by atoms with Gasteiger partial charge in [-0.25, -0.2) is 0 Å². The minimum atomic E-state index is -0.574. The molecule has 4 aromatic rings. The van der Waals surface area contributed by atoms with Gasteiger partial charge in [-0.3, -0.25) is 19.7 Å². The van der Waals surface area contributed by atoms with Crippen LogP contribution in [-0.4, -0.2) is 22.5 Å². The minimum absolute atomic E-state index is 0.103. The van der Waals surface area contributed by atoms with E-state index in [1.165, 1.54) is 31.4 Å². The van der Waals surface area contributed by atoms with Crippen LogP contribution in [0.2, 0.25) is 0 Å². The van der Waals surface area contributed by atoms with Crippen molar-refractivity contribution < 1.29 is 14.5 Å². The Labute approximate surface area is 182 Å². The fraction of sp³-hybridized carbons (Fsp3) is 0.0833. The van der Waals surface area contributed by atoms with Crippen LogP contribution in [0.5, 0.6) is 5.75 Å². The number of amides is 1. The van der Waals surface area contributed by atoms with Crippen molar-refractivity contribution in [3.8, 4) is 16.9 Å². The Balaban J connectivity index is 1.95. The number of para-hydroxylation sites is 2. The minimum Gasteiger partial charge on any atom is -0.496 e. The zero-order valence-corrected chi connectivity index (χ0v) is 17.4. The van der Waals surface area contributed by atoms with E-state index in [4.69, 9.17) is 4.74 Å².